The van der Waals surface area contributed by atoms with Crippen LogP contribution in [0.4, 0.5) is 0 Å². The van der Waals surface area contributed by atoms with Gasteiger partial charge in [-0.3, -0.25) is 4.52 Å². The Morgan fingerprint density at radius 1 is 1.54 bits per heavy atom. The van der Waals surface area contributed by atoms with Crippen LogP contribution in [-0.4, -0.2) is 57.0 Å². The molecule has 0 aromatic carbocycles. The molecule has 0 amide bonds. The van der Waals surface area contributed by atoms with Gasteiger partial charge in [0.15, 0.2) is 0 Å². The Morgan fingerprint density at radius 3 is 2.38 bits per heavy atom. The van der Waals surface area contributed by atoms with E-state index in [4.69, 9.17) is 14.5 Å². The molecule has 74 valence electrons. The van der Waals surface area contributed by atoms with Gasteiger partial charge in [0.05, 0.1) is 6.61 Å². The van der Waals surface area contributed by atoms with Crippen molar-refractivity contribution in [3.8, 4) is 0 Å². The summed E-state index contributed by atoms with van der Waals surface area (Å²) in [6.45, 7) is 5.03. The molecule has 0 aliphatic carbocycles. The quantitative estimate of drug-likeness (QED) is 0.250. The first-order valence-corrected chi connectivity index (χ1v) is 4.55. The van der Waals surface area contributed by atoms with Gasteiger partial charge in [0.25, 0.3) is 5.97 Å². The predicted octanol–water partition coefficient (Wildman–Crippen LogP) is -0.175. The minimum absolute atomic E-state index is 0. The molecule has 5 nitrogen and oxygen atoms in total. The Morgan fingerprint density at radius 2 is 2.08 bits per heavy atom. The molecule has 0 bridgehead atoms. The zero-order chi connectivity index (χ0) is 9.61. The standard InChI is InChI=1S/C6H13O5P.Na.H/c1-3-5-10-6(7,4-2)11-12(8)9;;/h3,7-9H,1,4-5H2,2H3;;. The van der Waals surface area contributed by atoms with Crippen molar-refractivity contribution in [3.63, 3.8) is 0 Å². The van der Waals surface area contributed by atoms with Gasteiger partial charge in [0, 0.05) is 6.42 Å². The van der Waals surface area contributed by atoms with Crippen LogP contribution in [0.15, 0.2) is 12.7 Å². The number of hydrogen-bond donors (Lipinski definition) is 3. The fourth-order valence-electron chi connectivity index (χ4n) is 0.510. The Bertz CT molecular complexity index is 145. The first-order valence-electron chi connectivity index (χ1n) is 3.38. The Balaban J connectivity index is 0. The van der Waals surface area contributed by atoms with E-state index in [1.54, 1.807) is 6.92 Å². The van der Waals surface area contributed by atoms with Crippen molar-refractivity contribution in [1.82, 2.24) is 0 Å². The van der Waals surface area contributed by atoms with E-state index in [1.807, 2.05) is 0 Å². The van der Waals surface area contributed by atoms with Gasteiger partial charge in [-0.1, -0.05) is 13.0 Å². The molecule has 0 saturated heterocycles. The number of ether oxygens (including phenoxy) is 1. The molecule has 0 aromatic heterocycles. The van der Waals surface area contributed by atoms with Gasteiger partial charge < -0.3 is 19.6 Å². The van der Waals surface area contributed by atoms with E-state index in [0.29, 0.717) is 0 Å². The van der Waals surface area contributed by atoms with Crippen LogP contribution < -0.4 is 0 Å². The van der Waals surface area contributed by atoms with E-state index >= 15 is 0 Å². The molecule has 3 N–H and O–H groups in total. The van der Waals surface area contributed by atoms with Gasteiger partial charge in [-0.15, -0.1) is 6.58 Å². The Hall–Kier alpha value is 0.970. The molecule has 0 heterocycles. The fourth-order valence-corrected chi connectivity index (χ4v) is 0.947. The van der Waals surface area contributed by atoms with Crippen molar-refractivity contribution in [2.75, 3.05) is 6.61 Å². The number of aliphatic hydroxyl groups is 1. The van der Waals surface area contributed by atoms with Gasteiger partial charge in [-0.25, -0.2) is 0 Å². The molecule has 1 atom stereocenters. The van der Waals surface area contributed by atoms with Crippen molar-refractivity contribution in [2.24, 2.45) is 0 Å². The van der Waals surface area contributed by atoms with Gasteiger partial charge in [-0.05, 0) is 0 Å². The zero-order valence-electron chi connectivity index (χ0n) is 6.80. The van der Waals surface area contributed by atoms with E-state index in [2.05, 4.69) is 11.1 Å². The molecule has 0 aliphatic heterocycles. The molecule has 0 aromatic rings. The zero-order valence-corrected chi connectivity index (χ0v) is 7.70. The first kappa shape index (κ1) is 16.4. The second kappa shape index (κ2) is 8.29. The third kappa shape index (κ3) is 8.00. The molecule has 0 fully saturated rings. The van der Waals surface area contributed by atoms with E-state index in [0.717, 1.165) is 0 Å². The van der Waals surface area contributed by atoms with Crippen molar-refractivity contribution >= 4 is 38.2 Å². The van der Waals surface area contributed by atoms with E-state index in [1.165, 1.54) is 6.08 Å². The molecule has 7 heteroatoms. The van der Waals surface area contributed by atoms with Crippen molar-refractivity contribution in [3.05, 3.63) is 12.7 Å². The molecule has 13 heavy (non-hydrogen) atoms. The second-order valence-electron chi connectivity index (χ2n) is 2.01. The van der Waals surface area contributed by atoms with Crippen LogP contribution in [0, 0.1) is 0 Å². The summed E-state index contributed by atoms with van der Waals surface area (Å²) in [6, 6.07) is 0. The van der Waals surface area contributed by atoms with Gasteiger partial charge >= 0.3 is 38.2 Å². The summed E-state index contributed by atoms with van der Waals surface area (Å²) in [5.41, 5.74) is 0. The summed E-state index contributed by atoms with van der Waals surface area (Å²) in [4.78, 5) is 16.9. The second-order valence-corrected chi connectivity index (χ2v) is 2.70. The van der Waals surface area contributed by atoms with Crippen LogP contribution in [0.2, 0.25) is 0 Å². The number of hydrogen-bond acceptors (Lipinski definition) is 5. The van der Waals surface area contributed by atoms with Crippen molar-refractivity contribution in [1.29, 1.82) is 0 Å². The molecule has 0 saturated carbocycles. The number of rotatable bonds is 6. The van der Waals surface area contributed by atoms with Gasteiger partial charge in [0.2, 0.25) is 0 Å². The summed E-state index contributed by atoms with van der Waals surface area (Å²) in [7, 11) is -2.62. The predicted molar refractivity (Wildman–Crippen MR) is 51.0 cm³/mol. The van der Waals surface area contributed by atoms with Gasteiger partial charge in [0.1, 0.15) is 0 Å². The van der Waals surface area contributed by atoms with E-state index < -0.39 is 14.6 Å². The Labute approximate surface area is 101 Å². The maximum absolute atomic E-state index is 9.33. The van der Waals surface area contributed by atoms with Crippen LogP contribution in [0.5, 0.6) is 0 Å². The molecule has 1 unspecified atom stereocenters. The SMILES string of the molecule is C=CCOC(O)(CC)OP(O)O.[NaH]. The first-order chi connectivity index (χ1) is 5.54. The normalized spacial score (nSPS) is 14.8. The molecule has 0 aliphatic rings. The average molecular weight is 220 g/mol. The van der Waals surface area contributed by atoms with Gasteiger partial charge in [-0.2, -0.15) is 0 Å². The summed E-state index contributed by atoms with van der Waals surface area (Å²) >= 11 is 0. The minimum atomic E-state index is -2.62. The van der Waals surface area contributed by atoms with Crippen molar-refractivity contribution in [2.45, 2.75) is 19.3 Å². The summed E-state index contributed by atoms with van der Waals surface area (Å²) in [5, 5.41) is 9.33. The molecular weight excluding hydrogens is 206 g/mol. The van der Waals surface area contributed by atoms with Crippen LogP contribution in [-0.2, 0) is 9.26 Å². The summed E-state index contributed by atoms with van der Waals surface area (Å²) in [5.74, 6) is -1.93. The van der Waals surface area contributed by atoms with Crippen LogP contribution in [0.25, 0.3) is 0 Å². The summed E-state index contributed by atoms with van der Waals surface area (Å²) < 4.78 is 9.10. The molecule has 0 rings (SSSR count). The monoisotopic (exact) mass is 220 g/mol. The summed E-state index contributed by atoms with van der Waals surface area (Å²) in [6.07, 6.45) is 1.52. The Kier molecular flexibility index (Phi) is 10.5. The van der Waals surface area contributed by atoms with E-state index in [-0.39, 0.29) is 42.6 Å². The van der Waals surface area contributed by atoms with Crippen molar-refractivity contribution < 1.29 is 24.2 Å². The topological polar surface area (TPSA) is 79.2 Å². The average Bonchev–Trinajstić information content (AvgIpc) is 2.00. The third-order valence-electron chi connectivity index (χ3n) is 1.10. The molecule has 0 radical (unpaired) electrons. The van der Waals surface area contributed by atoms with E-state index in [9.17, 15) is 5.11 Å². The third-order valence-corrected chi connectivity index (χ3v) is 1.55. The van der Waals surface area contributed by atoms with Crippen LogP contribution in [0.3, 0.4) is 0 Å². The maximum atomic E-state index is 9.33. The fraction of sp³-hybridized carbons (Fsp3) is 0.667. The molecular formula is C6H14NaO5P. The van der Waals surface area contributed by atoms with Crippen LogP contribution in [0.1, 0.15) is 13.3 Å². The van der Waals surface area contributed by atoms with Crippen LogP contribution >= 0.6 is 8.60 Å². The molecule has 0 spiro atoms.